The number of carbonyl (C=O) groups excluding carboxylic acids is 1. The minimum atomic E-state index is -0.825. The van der Waals surface area contributed by atoms with Gasteiger partial charge in [0.05, 0.1) is 11.6 Å². The summed E-state index contributed by atoms with van der Waals surface area (Å²) in [6, 6.07) is 5.91. The zero-order chi connectivity index (χ0) is 13.8. The van der Waals surface area contributed by atoms with Crippen molar-refractivity contribution >= 4 is 5.91 Å². The maximum Gasteiger partial charge on any atom is 0.240 e. The van der Waals surface area contributed by atoms with Crippen LogP contribution in [0.5, 0.6) is 0 Å². The lowest BCUT2D eigenvalue weighted by atomic mass is 9.92. The number of rotatable bonds is 5. The predicted molar refractivity (Wildman–Crippen MR) is 70.5 cm³/mol. The number of carbonyl (C=O) groups is 1. The van der Waals surface area contributed by atoms with Gasteiger partial charge in [0.2, 0.25) is 5.91 Å². The van der Waals surface area contributed by atoms with E-state index in [0.717, 1.165) is 5.56 Å². The molecule has 0 unspecified atom stereocenters. The number of amides is 1. The molecular formula is C14H21FN2O. The number of halogens is 1. The SMILES string of the molecule is CCC(N)(CC)C(=O)N[C@H](C)c1ccc(F)cc1. The molecule has 0 heterocycles. The van der Waals surface area contributed by atoms with Gasteiger partial charge in [-0.3, -0.25) is 4.79 Å². The first kappa shape index (κ1) is 14.6. The van der Waals surface area contributed by atoms with E-state index in [2.05, 4.69) is 5.32 Å². The van der Waals surface area contributed by atoms with Crippen LogP contribution in [-0.2, 0) is 4.79 Å². The maximum atomic E-state index is 12.8. The third kappa shape index (κ3) is 3.29. The summed E-state index contributed by atoms with van der Waals surface area (Å²) >= 11 is 0. The summed E-state index contributed by atoms with van der Waals surface area (Å²) in [7, 11) is 0. The quantitative estimate of drug-likeness (QED) is 0.846. The van der Waals surface area contributed by atoms with Crippen LogP contribution in [0.1, 0.15) is 45.2 Å². The normalized spacial score (nSPS) is 13.2. The fourth-order valence-corrected chi connectivity index (χ4v) is 1.75. The number of nitrogens with one attached hydrogen (secondary N) is 1. The van der Waals surface area contributed by atoms with Crippen LogP contribution >= 0.6 is 0 Å². The van der Waals surface area contributed by atoms with Gasteiger partial charge >= 0.3 is 0 Å². The topological polar surface area (TPSA) is 55.1 Å². The first-order valence-corrected chi connectivity index (χ1v) is 6.28. The minimum absolute atomic E-state index is 0.163. The smallest absolute Gasteiger partial charge is 0.240 e. The van der Waals surface area contributed by atoms with Gasteiger partial charge in [0.15, 0.2) is 0 Å². The van der Waals surface area contributed by atoms with Crippen molar-refractivity contribution in [2.45, 2.75) is 45.2 Å². The largest absolute Gasteiger partial charge is 0.348 e. The Morgan fingerprint density at radius 1 is 1.33 bits per heavy atom. The van der Waals surface area contributed by atoms with Crippen molar-refractivity contribution in [2.24, 2.45) is 5.73 Å². The summed E-state index contributed by atoms with van der Waals surface area (Å²) < 4.78 is 12.8. The monoisotopic (exact) mass is 252 g/mol. The van der Waals surface area contributed by atoms with Crippen LogP contribution in [0.15, 0.2) is 24.3 Å². The van der Waals surface area contributed by atoms with E-state index in [1.54, 1.807) is 12.1 Å². The highest BCUT2D eigenvalue weighted by Gasteiger charge is 2.30. The van der Waals surface area contributed by atoms with Gasteiger partial charge in [-0.2, -0.15) is 0 Å². The van der Waals surface area contributed by atoms with Crippen LogP contribution in [0.2, 0.25) is 0 Å². The van der Waals surface area contributed by atoms with Gasteiger partial charge < -0.3 is 11.1 Å². The second-order valence-corrected chi connectivity index (χ2v) is 4.61. The van der Waals surface area contributed by atoms with Crippen LogP contribution in [0.3, 0.4) is 0 Å². The number of nitrogens with two attached hydrogens (primary N) is 1. The lowest BCUT2D eigenvalue weighted by Crippen LogP contribution is -2.53. The number of benzene rings is 1. The van der Waals surface area contributed by atoms with Crippen molar-refractivity contribution in [2.75, 3.05) is 0 Å². The van der Waals surface area contributed by atoms with Crippen molar-refractivity contribution in [1.82, 2.24) is 5.32 Å². The Bertz CT molecular complexity index is 399. The van der Waals surface area contributed by atoms with E-state index in [1.165, 1.54) is 12.1 Å². The predicted octanol–water partition coefficient (Wildman–Crippen LogP) is 2.52. The van der Waals surface area contributed by atoms with Crippen LogP contribution in [-0.4, -0.2) is 11.4 Å². The zero-order valence-corrected chi connectivity index (χ0v) is 11.2. The molecule has 3 N–H and O–H groups in total. The molecular weight excluding hydrogens is 231 g/mol. The molecule has 18 heavy (non-hydrogen) atoms. The Balaban J connectivity index is 2.73. The average molecular weight is 252 g/mol. The molecule has 0 aliphatic heterocycles. The Morgan fingerprint density at radius 2 is 1.83 bits per heavy atom. The van der Waals surface area contributed by atoms with E-state index in [1.807, 2.05) is 20.8 Å². The van der Waals surface area contributed by atoms with Gasteiger partial charge in [0.25, 0.3) is 0 Å². The average Bonchev–Trinajstić information content (AvgIpc) is 2.38. The van der Waals surface area contributed by atoms with Gasteiger partial charge in [0, 0.05) is 0 Å². The highest BCUT2D eigenvalue weighted by Crippen LogP contribution is 2.16. The third-order valence-electron chi connectivity index (χ3n) is 3.43. The van der Waals surface area contributed by atoms with E-state index in [0.29, 0.717) is 12.8 Å². The minimum Gasteiger partial charge on any atom is -0.348 e. The van der Waals surface area contributed by atoms with E-state index >= 15 is 0 Å². The summed E-state index contributed by atoms with van der Waals surface area (Å²) in [5, 5.41) is 2.87. The van der Waals surface area contributed by atoms with E-state index in [-0.39, 0.29) is 17.8 Å². The molecule has 0 aliphatic rings. The molecule has 3 nitrogen and oxygen atoms in total. The van der Waals surface area contributed by atoms with E-state index in [9.17, 15) is 9.18 Å². The van der Waals surface area contributed by atoms with Crippen molar-refractivity contribution < 1.29 is 9.18 Å². The summed E-state index contributed by atoms with van der Waals surface area (Å²) in [4.78, 5) is 12.1. The number of hydrogen-bond acceptors (Lipinski definition) is 2. The van der Waals surface area contributed by atoms with Crippen LogP contribution in [0, 0.1) is 5.82 Å². The summed E-state index contributed by atoms with van der Waals surface area (Å²) in [5.41, 5.74) is 6.05. The standard InChI is InChI=1S/C14H21FN2O/c1-4-14(16,5-2)13(18)17-10(3)11-6-8-12(15)9-7-11/h6-10H,4-5,16H2,1-3H3,(H,17,18)/t10-/m1/s1. The van der Waals surface area contributed by atoms with Crippen LogP contribution in [0.4, 0.5) is 4.39 Å². The van der Waals surface area contributed by atoms with Crippen molar-refractivity contribution in [3.63, 3.8) is 0 Å². The molecule has 1 rings (SSSR count). The summed E-state index contributed by atoms with van der Waals surface area (Å²) in [6.07, 6.45) is 1.18. The fourth-order valence-electron chi connectivity index (χ4n) is 1.75. The van der Waals surface area contributed by atoms with Gasteiger partial charge in [-0.25, -0.2) is 4.39 Å². The molecule has 1 aromatic carbocycles. The molecule has 100 valence electrons. The molecule has 0 bridgehead atoms. The Hall–Kier alpha value is -1.42. The fraction of sp³-hybridized carbons (Fsp3) is 0.500. The van der Waals surface area contributed by atoms with Crippen molar-refractivity contribution in [3.05, 3.63) is 35.6 Å². The molecule has 0 saturated carbocycles. The van der Waals surface area contributed by atoms with Crippen molar-refractivity contribution in [3.8, 4) is 0 Å². The van der Waals surface area contributed by atoms with Crippen LogP contribution in [0.25, 0.3) is 0 Å². The van der Waals surface area contributed by atoms with Gasteiger partial charge in [-0.05, 0) is 37.5 Å². The zero-order valence-electron chi connectivity index (χ0n) is 11.2. The first-order chi connectivity index (χ1) is 8.42. The van der Waals surface area contributed by atoms with E-state index in [4.69, 9.17) is 5.73 Å². The number of hydrogen-bond donors (Lipinski definition) is 2. The highest BCUT2D eigenvalue weighted by atomic mass is 19.1. The Kier molecular flexibility index (Phi) is 4.84. The molecule has 4 heteroatoms. The third-order valence-corrected chi connectivity index (χ3v) is 3.43. The first-order valence-electron chi connectivity index (χ1n) is 6.28. The Labute approximate surface area is 108 Å². The van der Waals surface area contributed by atoms with Gasteiger partial charge in [0.1, 0.15) is 5.82 Å². The van der Waals surface area contributed by atoms with Crippen molar-refractivity contribution in [1.29, 1.82) is 0 Å². The molecule has 0 saturated heterocycles. The molecule has 0 aromatic heterocycles. The lowest BCUT2D eigenvalue weighted by molar-refractivity contribution is -0.127. The molecule has 0 spiro atoms. The molecule has 1 atom stereocenters. The van der Waals surface area contributed by atoms with Crippen LogP contribution < -0.4 is 11.1 Å². The summed E-state index contributed by atoms with van der Waals surface area (Å²) in [6.45, 7) is 5.65. The molecule has 1 aromatic rings. The summed E-state index contributed by atoms with van der Waals surface area (Å²) in [5.74, 6) is -0.447. The van der Waals surface area contributed by atoms with E-state index < -0.39 is 5.54 Å². The van der Waals surface area contributed by atoms with Gasteiger partial charge in [-0.15, -0.1) is 0 Å². The molecule has 0 radical (unpaired) electrons. The molecule has 0 aliphatic carbocycles. The molecule has 0 fully saturated rings. The second-order valence-electron chi connectivity index (χ2n) is 4.61. The second kappa shape index (κ2) is 5.96. The highest BCUT2D eigenvalue weighted by molar-refractivity contribution is 5.86. The maximum absolute atomic E-state index is 12.8. The molecule has 1 amide bonds. The lowest BCUT2D eigenvalue weighted by Gasteiger charge is -2.27. The Morgan fingerprint density at radius 3 is 2.28 bits per heavy atom. The van der Waals surface area contributed by atoms with Gasteiger partial charge in [-0.1, -0.05) is 26.0 Å².